The van der Waals surface area contributed by atoms with E-state index in [-0.39, 0.29) is 11.9 Å². The van der Waals surface area contributed by atoms with Crippen LogP contribution in [0.4, 0.5) is 5.69 Å². The summed E-state index contributed by atoms with van der Waals surface area (Å²) in [5.74, 6) is 1.41. The number of anilines is 1. The molecule has 0 aliphatic carbocycles. The van der Waals surface area contributed by atoms with Gasteiger partial charge < -0.3 is 14.8 Å². The highest BCUT2D eigenvalue weighted by molar-refractivity contribution is 5.96. The van der Waals surface area contributed by atoms with E-state index in [2.05, 4.69) is 23.1 Å². The van der Waals surface area contributed by atoms with Crippen LogP contribution < -0.4 is 25.6 Å². The molecule has 1 aromatic carbocycles. The lowest BCUT2D eigenvalue weighted by Crippen LogP contribution is -2.40. The Labute approximate surface area is 130 Å². The van der Waals surface area contributed by atoms with Crippen molar-refractivity contribution >= 4 is 11.6 Å². The number of carbonyl (C=O) groups is 1. The molecule has 1 saturated heterocycles. The predicted octanol–water partition coefficient (Wildman–Crippen LogP) is 1.74. The minimum atomic E-state index is -0.204. The molecule has 1 amide bonds. The predicted molar refractivity (Wildman–Crippen MR) is 84.2 cm³/mol. The van der Waals surface area contributed by atoms with Gasteiger partial charge in [-0.05, 0) is 31.4 Å². The molecule has 6 nitrogen and oxygen atoms in total. The van der Waals surface area contributed by atoms with E-state index in [1.807, 2.05) is 19.1 Å². The minimum Gasteiger partial charge on any atom is -0.486 e. The molecular formula is C16H23N3O3. The lowest BCUT2D eigenvalue weighted by Gasteiger charge is -2.21. The number of benzene rings is 1. The van der Waals surface area contributed by atoms with Crippen molar-refractivity contribution in [1.29, 1.82) is 0 Å². The van der Waals surface area contributed by atoms with Gasteiger partial charge in [0.2, 0.25) is 5.91 Å². The molecule has 0 saturated carbocycles. The zero-order chi connectivity index (χ0) is 15.5. The molecule has 0 spiro atoms. The van der Waals surface area contributed by atoms with Crippen LogP contribution in [0.15, 0.2) is 12.1 Å². The van der Waals surface area contributed by atoms with E-state index in [9.17, 15) is 4.79 Å². The Bertz CT molecular complexity index is 562. The molecule has 2 atom stereocenters. The number of ether oxygens (including phenoxy) is 2. The van der Waals surface area contributed by atoms with Crippen LogP contribution in [0, 0.1) is 6.92 Å². The fourth-order valence-corrected chi connectivity index (χ4v) is 2.88. The normalized spacial score (nSPS) is 23.4. The van der Waals surface area contributed by atoms with Crippen LogP contribution in [0.5, 0.6) is 11.5 Å². The summed E-state index contributed by atoms with van der Waals surface area (Å²) in [5, 5.41) is 2.99. The van der Waals surface area contributed by atoms with Crippen LogP contribution in [-0.2, 0) is 4.79 Å². The second-order valence-corrected chi connectivity index (χ2v) is 5.86. The van der Waals surface area contributed by atoms with Crippen molar-refractivity contribution in [3.05, 3.63) is 17.7 Å². The molecule has 3 rings (SSSR count). The molecule has 2 heterocycles. The van der Waals surface area contributed by atoms with Crippen LogP contribution >= 0.6 is 0 Å². The molecule has 0 bridgehead atoms. The fraction of sp³-hybridized carbons (Fsp3) is 0.562. The molecular weight excluding hydrogens is 282 g/mol. The largest absolute Gasteiger partial charge is 0.486 e. The maximum Gasteiger partial charge on any atom is 0.242 e. The van der Waals surface area contributed by atoms with Crippen LogP contribution in [0.2, 0.25) is 0 Å². The molecule has 22 heavy (non-hydrogen) atoms. The van der Waals surface area contributed by atoms with E-state index in [4.69, 9.17) is 9.47 Å². The van der Waals surface area contributed by atoms with Crippen LogP contribution in [0.1, 0.15) is 31.7 Å². The summed E-state index contributed by atoms with van der Waals surface area (Å²) in [6.07, 6.45) is 2.98. The summed E-state index contributed by atoms with van der Waals surface area (Å²) >= 11 is 0. The van der Waals surface area contributed by atoms with Gasteiger partial charge in [-0.25, -0.2) is 5.43 Å². The van der Waals surface area contributed by atoms with Gasteiger partial charge in [-0.2, -0.15) is 0 Å². The van der Waals surface area contributed by atoms with E-state index in [1.54, 1.807) is 0 Å². The SMILES string of the molecule is CCCC1CC(C(=O)Nc2cc3c(cc2C)OCCO3)NN1. The fourth-order valence-electron chi connectivity index (χ4n) is 2.88. The van der Waals surface area contributed by atoms with Crippen molar-refractivity contribution in [3.8, 4) is 11.5 Å². The molecule has 1 aromatic rings. The van der Waals surface area contributed by atoms with Crippen molar-refractivity contribution in [2.24, 2.45) is 0 Å². The van der Waals surface area contributed by atoms with E-state index >= 15 is 0 Å². The van der Waals surface area contributed by atoms with Crippen LogP contribution in [0.3, 0.4) is 0 Å². The molecule has 3 N–H and O–H groups in total. The molecule has 2 unspecified atom stereocenters. The highest BCUT2D eigenvalue weighted by Crippen LogP contribution is 2.35. The maximum absolute atomic E-state index is 12.4. The first-order valence-corrected chi connectivity index (χ1v) is 7.89. The average Bonchev–Trinajstić information content (AvgIpc) is 2.97. The summed E-state index contributed by atoms with van der Waals surface area (Å²) in [6.45, 7) is 5.20. The quantitative estimate of drug-likeness (QED) is 0.790. The van der Waals surface area contributed by atoms with E-state index in [0.29, 0.717) is 25.0 Å². The van der Waals surface area contributed by atoms with Crippen LogP contribution in [0.25, 0.3) is 0 Å². The number of nitrogens with one attached hydrogen (secondary N) is 3. The third kappa shape index (κ3) is 3.18. The van der Waals surface area contributed by atoms with Crippen molar-refractivity contribution in [1.82, 2.24) is 10.9 Å². The molecule has 0 radical (unpaired) electrons. The summed E-state index contributed by atoms with van der Waals surface area (Å²) in [6, 6.07) is 3.91. The number of rotatable bonds is 4. The first kappa shape index (κ1) is 15.1. The number of amides is 1. The number of carbonyl (C=O) groups excluding carboxylic acids is 1. The summed E-state index contributed by atoms with van der Waals surface area (Å²) in [5.41, 5.74) is 8.00. The van der Waals surface area contributed by atoms with Gasteiger partial charge in [0.1, 0.15) is 19.3 Å². The Kier molecular flexibility index (Phi) is 4.49. The standard InChI is InChI=1S/C16H23N3O3/c1-3-4-11-8-13(19-18-11)16(20)17-12-9-15-14(7-10(12)2)21-5-6-22-15/h7,9,11,13,18-19H,3-6,8H2,1-2H3,(H,17,20). The number of hydrazine groups is 1. The summed E-state index contributed by atoms with van der Waals surface area (Å²) in [4.78, 5) is 12.4. The van der Waals surface area contributed by atoms with Gasteiger partial charge >= 0.3 is 0 Å². The Morgan fingerprint density at radius 1 is 1.27 bits per heavy atom. The van der Waals surface area contributed by atoms with Gasteiger partial charge in [0.05, 0.1) is 0 Å². The van der Waals surface area contributed by atoms with Crippen molar-refractivity contribution < 1.29 is 14.3 Å². The monoisotopic (exact) mass is 305 g/mol. The maximum atomic E-state index is 12.4. The molecule has 2 aliphatic rings. The molecule has 0 aromatic heterocycles. The summed E-state index contributed by atoms with van der Waals surface area (Å²) in [7, 11) is 0. The Hall–Kier alpha value is -1.79. The van der Waals surface area contributed by atoms with Crippen molar-refractivity contribution in [2.75, 3.05) is 18.5 Å². The molecule has 2 aliphatic heterocycles. The highest BCUT2D eigenvalue weighted by Gasteiger charge is 2.29. The average molecular weight is 305 g/mol. The third-order valence-electron chi connectivity index (χ3n) is 4.08. The molecule has 1 fully saturated rings. The second kappa shape index (κ2) is 6.54. The number of fused-ring (bicyclic) bond motifs is 1. The second-order valence-electron chi connectivity index (χ2n) is 5.86. The van der Waals surface area contributed by atoms with E-state index in [0.717, 1.165) is 36.3 Å². The van der Waals surface area contributed by atoms with Crippen LogP contribution in [-0.4, -0.2) is 31.2 Å². The number of hydrogen-bond acceptors (Lipinski definition) is 5. The summed E-state index contributed by atoms with van der Waals surface area (Å²) < 4.78 is 11.1. The first-order valence-electron chi connectivity index (χ1n) is 7.89. The van der Waals surface area contributed by atoms with Crippen molar-refractivity contribution in [3.63, 3.8) is 0 Å². The van der Waals surface area contributed by atoms with E-state index in [1.165, 1.54) is 0 Å². The first-order chi connectivity index (χ1) is 10.7. The molecule has 6 heteroatoms. The van der Waals surface area contributed by atoms with Gasteiger partial charge in [-0.15, -0.1) is 0 Å². The highest BCUT2D eigenvalue weighted by atomic mass is 16.6. The lowest BCUT2D eigenvalue weighted by molar-refractivity contribution is -0.117. The van der Waals surface area contributed by atoms with Gasteiger partial charge in [0.15, 0.2) is 11.5 Å². The van der Waals surface area contributed by atoms with Crippen molar-refractivity contribution in [2.45, 2.75) is 45.2 Å². The van der Waals surface area contributed by atoms with Gasteiger partial charge in [-0.3, -0.25) is 10.2 Å². The van der Waals surface area contributed by atoms with Gasteiger partial charge in [0, 0.05) is 17.8 Å². The Morgan fingerprint density at radius 2 is 2.00 bits per heavy atom. The minimum absolute atomic E-state index is 0.0223. The van der Waals surface area contributed by atoms with E-state index < -0.39 is 0 Å². The van der Waals surface area contributed by atoms with Gasteiger partial charge in [0.25, 0.3) is 0 Å². The molecule has 120 valence electrons. The lowest BCUT2D eigenvalue weighted by atomic mass is 10.1. The zero-order valence-corrected chi connectivity index (χ0v) is 13.1. The third-order valence-corrected chi connectivity index (χ3v) is 4.08. The topological polar surface area (TPSA) is 71.6 Å². The van der Waals surface area contributed by atoms with Gasteiger partial charge in [-0.1, -0.05) is 13.3 Å². The Morgan fingerprint density at radius 3 is 2.73 bits per heavy atom. The Balaban J connectivity index is 1.67. The zero-order valence-electron chi connectivity index (χ0n) is 13.1. The number of aryl methyl sites for hydroxylation is 1. The smallest absolute Gasteiger partial charge is 0.242 e. The number of hydrogen-bond donors (Lipinski definition) is 3.